The van der Waals surface area contributed by atoms with Gasteiger partial charge in [-0.2, -0.15) is 0 Å². The van der Waals surface area contributed by atoms with Crippen LogP contribution in [0.3, 0.4) is 0 Å². The number of thioether (sulfide) groups is 1. The van der Waals surface area contributed by atoms with Crippen LogP contribution in [0.1, 0.15) is 5.56 Å². The number of thiocarbonyl (C=S) groups is 1. The summed E-state index contributed by atoms with van der Waals surface area (Å²) in [6.45, 7) is 3.54. The molecule has 156 valence electrons. The number of amides is 3. The lowest BCUT2D eigenvalue weighted by Crippen LogP contribution is -2.35. The van der Waals surface area contributed by atoms with Gasteiger partial charge < -0.3 is 5.32 Å². The third kappa shape index (κ3) is 3.77. The smallest absolute Gasteiger partial charge is 0.267 e. The molecule has 2 aromatic rings. The van der Waals surface area contributed by atoms with Gasteiger partial charge in [0.15, 0.2) is 0 Å². The van der Waals surface area contributed by atoms with E-state index in [4.69, 9.17) is 12.2 Å². The maximum absolute atomic E-state index is 13.9. The molecule has 31 heavy (non-hydrogen) atoms. The Kier molecular flexibility index (Phi) is 5.71. The summed E-state index contributed by atoms with van der Waals surface area (Å²) in [4.78, 5) is 41.6. The van der Waals surface area contributed by atoms with Crippen LogP contribution in [0.25, 0.3) is 5.57 Å². The number of carbonyl (C=O) groups excluding carboxylic acids is 3. The summed E-state index contributed by atoms with van der Waals surface area (Å²) >= 11 is 6.33. The zero-order valence-corrected chi connectivity index (χ0v) is 17.8. The minimum atomic E-state index is -0.574. The highest BCUT2D eigenvalue weighted by molar-refractivity contribution is 8.26. The van der Waals surface area contributed by atoms with Crippen LogP contribution in [0.5, 0.6) is 0 Å². The zero-order chi connectivity index (χ0) is 22.1. The largest absolute Gasteiger partial charge is 0.322 e. The average molecular weight is 454 g/mol. The van der Waals surface area contributed by atoms with Crippen LogP contribution in [0.15, 0.2) is 66.1 Å². The predicted octanol–water partition coefficient (Wildman–Crippen LogP) is 3.57. The molecule has 0 atom stereocenters. The maximum atomic E-state index is 13.9. The van der Waals surface area contributed by atoms with Gasteiger partial charge in [0, 0.05) is 12.1 Å². The Bertz CT molecular complexity index is 1180. The fourth-order valence-electron chi connectivity index (χ4n) is 3.39. The second-order valence-corrected chi connectivity index (χ2v) is 8.36. The van der Waals surface area contributed by atoms with Gasteiger partial charge in [-0.15, -0.1) is 6.58 Å². The topological polar surface area (TPSA) is 69.7 Å². The van der Waals surface area contributed by atoms with Gasteiger partial charge in [0.05, 0.1) is 21.9 Å². The van der Waals surface area contributed by atoms with Gasteiger partial charge in [0.25, 0.3) is 11.8 Å². The molecule has 0 radical (unpaired) electrons. The second-order valence-electron chi connectivity index (χ2n) is 6.71. The molecule has 4 rings (SSSR count). The van der Waals surface area contributed by atoms with Crippen molar-refractivity contribution < 1.29 is 18.8 Å². The molecule has 0 saturated carbocycles. The van der Waals surface area contributed by atoms with Crippen molar-refractivity contribution in [2.24, 2.45) is 0 Å². The average Bonchev–Trinajstić information content (AvgIpc) is 3.18. The van der Waals surface area contributed by atoms with E-state index in [0.29, 0.717) is 15.6 Å². The first-order chi connectivity index (χ1) is 14.9. The van der Waals surface area contributed by atoms with Gasteiger partial charge in [0.2, 0.25) is 5.91 Å². The van der Waals surface area contributed by atoms with E-state index in [1.807, 2.05) is 0 Å². The van der Waals surface area contributed by atoms with Gasteiger partial charge in [-0.1, -0.05) is 60.4 Å². The number of carbonyl (C=O) groups is 3. The molecule has 1 saturated heterocycles. The minimum Gasteiger partial charge on any atom is -0.322 e. The number of para-hydroxylation sites is 2. The number of benzene rings is 2. The number of nitrogens with zero attached hydrogens (tertiary/aromatic N) is 2. The number of hydrogen-bond donors (Lipinski definition) is 1. The van der Waals surface area contributed by atoms with Crippen LogP contribution in [0, 0.1) is 5.82 Å². The fraction of sp³-hybridized carbons (Fsp3) is 0.0909. The Balaban J connectivity index is 1.66. The van der Waals surface area contributed by atoms with Crippen LogP contribution in [0.4, 0.5) is 15.8 Å². The number of halogens is 1. The Labute approximate surface area is 187 Å². The van der Waals surface area contributed by atoms with E-state index >= 15 is 0 Å². The van der Waals surface area contributed by atoms with Crippen LogP contribution < -0.4 is 10.2 Å². The van der Waals surface area contributed by atoms with Gasteiger partial charge in [0.1, 0.15) is 16.7 Å². The van der Waals surface area contributed by atoms with Crippen molar-refractivity contribution in [2.75, 3.05) is 23.3 Å². The number of fused-ring (bicyclic) bond motifs is 1. The van der Waals surface area contributed by atoms with E-state index in [0.717, 1.165) is 11.8 Å². The molecule has 3 amide bonds. The number of hydrogen-bond acceptors (Lipinski definition) is 5. The van der Waals surface area contributed by atoms with Gasteiger partial charge in [-0.3, -0.25) is 24.2 Å². The molecule has 2 heterocycles. The molecule has 0 unspecified atom stereocenters. The van der Waals surface area contributed by atoms with Crippen LogP contribution in [-0.4, -0.2) is 40.0 Å². The summed E-state index contributed by atoms with van der Waals surface area (Å²) in [5.74, 6) is -1.99. The van der Waals surface area contributed by atoms with E-state index in [1.165, 1.54) is 28.0 Å². The third-order valence-electron chi connectivity index (χ3n) is 4.76. The third-order valence-corrected chi connectivity index (χ3v) is 6.21. The van der Waals surface area contributed by atoms with E-state index in [2.05, 4.69) is 11.9 Å². The summed E-state index contributed by atoms with van der Waals surface area (Å²) in [6.07, 6.45) is 1.56. The van der Waals surface area contributed by atoms with Gasteiger partial charge >= 0.3 is 0 Å². The van der Waals surface area contributed by atoms with Crippen molar-refractivity contribution in [1.29, 1.82) is 0 Å². The summed E-state index contributed by atoms with van der Waals surface area (Å²) in [7, 11) is 0. The van der Waals surface area contributed by atoms with Gasteiger partial charge in [-0.25, -0.2) is 4.39 Å². The Morgan fingerprint density at radius 2 is 1.81 bits per heavy atom. The van der Waals surface area contributed by atoms with Crippen molar-refractivity contribution in [2.45, 2.75) is 0 Å². The highest BCUT2D eigenvalue weighted by Crippen LogP contribution is 2.44. The summed E-state index contributed by atoms with van der Waals surface area (Å²) < 4.78 is 14.2. The fourth-order valence-corrected chi connectivity index (χ4v) is 4.73. The molecule has 2 aliphatic heterocycles. The monoisotopic (exact) mass is 453 g/mol. The molecule has 0 spiro atoms. The molecule has 6 nitrogen and oxygen atoms in total. The number of anilines is 2. The molecule has 9 heteroatoms. The van der Waals surface area contributed by atoms with Crippen molar-refractivity contribution in [1.82, 2.24) is 4.90 Å². The van der Waals surface area contributed by atoms with E-state index in [1.54, 1.807) is 36.4 Å². The SMILES string of the molecule is C=CCN1C(=O)/C(=C2\C(=O)N(CC(=O)Nc3ccccc3F)c3ccccc32)SC1=S. The zero-order valence-electron chi connectivity index (χ0n) is 16.1. The first-order valence-corrected chi connectivity index (χ1v) is 10.5. The molecule has 2 aromatic carbocycles. The first kappa shape index (κ1) is 21.0. The Morgan fingerprint density at radius 3 is 2.55 bits per heavy atom. The maximum Gasteiger partial charge on any atom is 0.267 e. The standard InChI is InChI=1S/C22H16FN3O3S2/c1-2-11-25-21(29)19(31-22(25)30)18-13-7-3-6-10-16(13)26(20(18)28)12-17(27)24-15-9-5-4-8-14(15)23/h2-10H,1,11-12H2,(H,24,27)/b19-18+. The summed E-state index contributed by atoms with van der Waals surface area (Å²) in [6, 6.07) is 12.7. The first-order valence-electron chi connectivity index (χ1n) is 9.27. The van der Waals surface area contributed by atoms with Crippen LogP contribution in [0.2, 0.25) is 0 Å². The van der Waals surface area contributed by atoms with E-state index in [-0.39, 0.29) is 35.2 Å². The molecular weight excluding hydrogens is 437 g/mol. The Morgan fingerprint density at radius 1 is 1.10 bits per heavy atom. The normalized spacial score (nSPS) is 17.9. The molecule has 0 bridgehead atoms. The second kappa shape index (κ2) is 8.44. The quantitative estimate of drug-likeness (QED) is 0.426. The van der Waals surface area contributed by atoms with Gasteiger partial charge in [-0.05, 0) is 18.2 Å². The predicted molar refractivity (Wildman–Crippen MR) is 123 cm³/mol. The van der Waals surface area contributed by atoms with Crippen molar-refractivity contribution in [3.63, 3.8) is 0 Å². The Hall–Kier alpha value is -3.30. The molecular formula is C22H16FN3O3S2. The molecule has 2 aliphatic rings. The van der Waals surface area contributed by atoms with Crippen LogP contribution in [-0.2, 0) is 14.4 Å². The lowest BCUT2D eigenvalue weighted by atomic mass is 10.1. The highest BCUT2D eigenvalue weighted by atomic mass is 32.2. The van der Waals surface area contributed by atoms with Crippen molar-refractivity contribution in [3.8, 4) is 0 Å². The van der Waals surface area contributed by atoms with Crippen molar-refractivity contribution in [3.05, 3.63) is 77.5 Å². The number of rotatable bonds is 5. The lowest BCUT2D eigenvalue weighted by molar-refractivity contribution is -0.122. The van der Waals surface area contributed by atoms with E-state index in [9.17, 15) is 18.8 Å². The summed E-state index contributed by atoms with van der Waals surface area (Å²) in [5, 5.41) is 2.48. The van der Waals surface area contributed by atoms with Crippen LogP contribution >= 0.6 is 24.0 Å². The number of nitrogens with one attached hydrogen (secondary N) is 1. The molecule has 0 aromatic heterocycles. The van der Waals surface area contributed by atoms with E-state index < -0.39 is 17.6 Å². The van der Waals surface area contributed by atoms with Crippen molar-refractivity contribution >= 4 is 63.0 Å². The minimum absolute atomic E-state index is 0.0259. The summed E-state index contributed by atoms with van der Waals surface area (Å²) in [5.41, 5.74) is 1.28. The molecule has 1 N–H and O–H groups in total. The molecule has 0 aliphatic carbocycles. The molecule has 1 fully saturated rings. The lowest BCUT2D eigenvalue weighted by Gasteiger charge is -2.17. The highest BCUT2D eigenvalue weighted by Gasteiger charge is 2.42.